The normalized spacial score (nSPS) is 12.1. The average molecular weight is 196 g/mol. The van der Waals surface area contributed by atoms with Gasteiger partial charge in [-0.1, -0.05) is 19.1 Å². The summed E-state index contributed by atoms with van der Waals surface area (Å²) in [6, 6.07) is 6.89. The summed E-state index contributed by atoms with van der Waals surface area (Å²) in [4.78, 5) is 0. The highest BCUT2D eigenvalue weighted by molar-refractivity contribution is 6.21. The number of halogens is 1. The highest BCUT2D eigenvalue weighted by atomic mass is 35.5. The van der Waals surface area contributed by atoms with E-state index in [1.807, 2.05) is 13.0 Å². The fraction of sp³-hybridized carbons (Fsp3) is 0.300. The molecule has 1 atom stereocenters. The van der Waals surface area contributed by atoms with Gasteiger partial charge in [0.2, 0.25) is 0 Å². The molecule has 0 aromatic heterocycles. The Hall–Kier alpha value is -1.20. The quantitative estimate of drug-likeness (QED) is 0.738. The van der Waals surface area contributed by atoms with Crippen LogP contribution in [-0.4, -0.2) is 5.11 Å². The van der Waals surface area contributed by atoms with Crippen LogP contribution in [0.4, 0.5) is 0 Å². The van der Waals surface area contributed by atoms with E-state index >= 15 is 0 Å². The number of nitriles is 1. The highest BCUT2D eigenvalue weighted by Gasteiger charge is 2.13. The molecule has 2 nitrogen and oxygen atoms in total. The first-order valence-electron chi connectivity index (χ1n) is 4.06. The first kappa shape index (κ1) is 9.88. The predicted octanol–water partition coefficient (Wildman–Crippen LogP) is 2.95. The van der Waals surface area contributed by atoms with Crippen LogP contribution in [0.2, 0.25) is 0 Å². The Kier molecular flexibility index (Phi) is 3.16. The van der Waals surface area contributed by atoms with E-state index in [1.165, 1.54) is 6.07 Å². The summed E-state index contributed by atoms with van der Waals surface area (Å²) in [7, 11) is 0. The molecule has 3 heteroatoms. The smallest absolute Gasteiger partial charge is 0.133 e. The Morgan fingerprint density at radius 3 is 2.85 bits per heavy atom. The summed E-state index contributed by atoms with van der Waals surface area (Å²) >= 11 is 5.98. The topological polar surface area (TPSA) is 44.0 Å². The third-order valence-corrected chi connectivity index (χ3v) is 2.43. The molecule has 1 N–H and O–H groups in total. The zero-order chi connectivity index (χ0) is 9.84. The Morgan fingerprint density at radius 2 is 2.31 bits per heavy atom. The van der Waals surface area contributed by atoms with Crippen molar-refractivity contribution in [2.45, 2.75) is 18.7 Å². The minimum atomic E-state index is -0.207. The van der Waals surface area contributed by atoms with Gasteiger partial charge in [0, 0.05) is 0 Å². The number of phenols is 1. The molecule has 0 amide bonds. The third-order valence-electron chi connectivity index (χ3n) is 1.88. The number of rotatable bonds is 2. The van der Waals surface area contributed by atoms with Crippen molar-refractivity contribution >= 4 is 11.6 Å². The lowest BCUT2D eigenvalue weighted by molar-refractivity contribution is 0.472. The fourth-order valence-electron chi connectivity index (χ4n) is 1.16. The van der Waals surface area contributed by atoms with Crippen molar-refractivity contribution in [3.63, 3.8) is 0 Å². The lowest BCUT2D eigenvalue weighted by Crippen LogP contribution is -1.93. The molecule has 1 unspecified atom stereocenters. The number of benzene rings is 1. The van der Waals surface area contributed by atoms with Crippen LogP contribution in [0, 0.1) is 11.3 Å². The average Bonchev–Trinajstić information content (AvgIpc) is 2.16. The van der Waals surface area contributed by atoms with Gasteiger partial charge >= 0.3 is 0 Å². The van der Waals surface area contributed by atoms with Gasteiger partial charge in [-0.2, -0.15) is 5.26 Å². The number of hydrogen-bond acceptors (Lipinski definition) is 2. The Labute approximate surface area is 82.4 Å². The fourth-order valence-corrected chi connectivity index (χ4v) is 1.34. The van der Waals surface area contributed by atoms with Crippen LogP contribution in [0.15, 0.2) is 18.2 Å². The van der Waals surface area contributed by atoms with Crippen molar-refractivity contribution in [2.75, 3.05) is 0 Å². The summed E-state index contributed by atoms with van der Waals surface area (Å²) in [5, 5.41) is 17.9. The van der Waals surface area contributed by atoms with E-state index in [0.717, 1.165) is 6.42 Å². The van der Waals surface area contributed by atoms with Crippen LogP contribution >= 0.6 is 11.6 Å². The second-order valence-corrected chi connectivity index (χ2v) is 3.26. The summed E-state index contributed by atoms with van der Waals surface area (Å²) in [5.41, 5.74) is 0.982. The van der Waals surface area contributed by atoms with E-state index in [9.17, 15) is 5.11 Å². The molecule has 68 valence electrons. The molecule has 0 fully saturated rings. The zero-order valence-corrected chi connectivity index (χ0v) is 8.04. The minimum absolute atomic E-state index is 0.000833. The largest absolute Gasteiger partial charge is 0.507 e. The molecule has 0 bridgehead atoms. The van der Waals surface area contributed by atoms with E-state index in [2.05, 4.69) is 0 Å². The van der Waals surface area contributed by atoms with Crippen molar-refractivity contribution in [1.29, 1.82) is 5.26 Å². The van der Waals surface area contributed by atoms with Gasteiger partial charge in [0.05, 0.1) is 10.9 Å². The molecule has 0 spiro atoms. The Bertz CT molecular complexity index is 343. The molecule has 0 aliphatic heterocycles. The lowest BCUT2D eigenvalue weighted by atomic mass is 10.0. The molecule has 0 radical (unpaired) electrons. The maximum Gasteiger partial charge on any atom is 0.133 e. The van der Waals surface area contributed by atoms with E-state index in [1.54, 1.807) is 12.1 Å². The number of hydrogen-bond donors (Lipinski definition) is 1. The monoisotopic (exact) mass is 195 g/mol. The van der Waals surface area contributed by atoms with Crippen molar-refractivity contribution in [1.82, 2.24) is 0 Å². The van der Waals surface area contributed by atoms with Crippen LogP contribution in [0.3, 0.4) is 0 Å². The molecular weight excluding hydrogens is 186 g/mol. The molecule has 1 aromatic rings. The maximum atomic E-state index is 9.35. The van der Waals surface area contributed by atoms with Crippen LogP contribution < -0.4 is 0 Å². The van der Waals surface area contributed by atoms with Gasteiger partial charge in [0.25, 0.3) is 0 Å². The Morgan fingerprint density at radius 1 is 1.62 bits per heavy atom. The van der Waals surface area contributed by atoms with Crippen LogP contribution in [0.5, 0.6) is 5.75 Å². The maximum absolute atomic E-state index is 9.35. The second-order valence-electron chi connectivity index (χ2n) is 2.73. The summed E-state index contributed by atoms with van der Waals surface area (Å²) in [6.45, 7) is 1.93. The van der Waals surface area contributed by atoms with E-state index in [-0.39, 0.29) is 16.7 Å². The predicted molar refractivity (Wildman–Crippen MR) is 51.7 cm³/mol. The number of phenolic OH excluding ortho intramolecular Hbond substituents is 1. The lowest BCUT2D eigenvalue weighted by Gasteiger charge is -2.09. The van der Waals surface area contributed by atoms with Crippen molar-refractivity contribution in [3.8, 4) is 11.8 Å². The molecule has 1 aromatic carbocycles. The van der Waals surface area contributed by atoms with Crippen molar-refractivity contribution in [3.05, 3.63) is 29.3 Å². The van der Waals surface area contributed by atoms with E-state index in [4.69, 9.17) is 16.9 Å². The number of aromatic hydroxyl groups is 1. The molecule has 0 heterocycles. The minimum Gasteiger partial charge on any atom is -0.507 e. The van der Waals surface area contributed by atoms with Gasteiger partial charge in [-0.15, -0.1) is 11.6 Å². The zero-order valence-electron chi connectivity index (χ0n) is 7.29. The molecule has 0 aliphatic carbocycles. The summed E-state index contributed by atoms with van der Waals surface area (Å²) in [6.07, 6.45) is 0.736. The van der Waals surface area contributed by atoms with Crippen molar-refractivity contribution in [2.24, 2.45) is 0 Å². The molecular formula is C10H10ClNO. The Balaban J connectivity index is 3.22. The third kappa shape index (κ3) is 1.93. The molecule has 0 saturated heterocycles. The highest BCUT2D eigenvalue weighted by Crippen LogP contribution is 2.30. The second kappa shape index (κ2) is 4.15. The van der Waals surface area contributed by atoms with Gasteiger partial charge < -0.3 is 5.11 Å². The standard InChI is InChI=1S/C10H10ClNO/c1-2-9(11)7-4-3-5-10(13)8(7)6-12/h3-5,9,13H,2H2,1H3. The summed E-state index contributed by atoms with van der Waals surface area (Å²) < 4.78 is 0. The van der Waals surface area contributed by atoms with Gasteiger partial charge in [-0.05, 0) is 18.1 Å². The van der Waals surface area contributed by atoms with E-state index in [0.29, 0.717) is 5.56 Å². The van der Waals surface area contributed by atoms with E-state index < -0.39 is 0 Å². The van der Waals surface area contributed by atoms with Gasteiger partial charge in [0.1, 0.15) is 11.8 Å². The molecule has 0 aliphatic rings. The SMILES string of the molecule is CCC(Cl)c1cccc(O)c1C#N. The van der Waals surface area contributed by atoms with Crippen molar-refractivity contribution < 1.29 is 5.11 Å². The molecule has 1 rings (SSSR count). The van der Waals surface area contributed by atoms with Crippen LogP contribution in [-0.2, 0) is 0 Å². The van der Waals surface area contributed by atoms with Crippen LogP contribution in [0.25, 0.3) is 0 Å². The number of nitrogens with zero attached hydrogens (tertiary/aromatic N) is 1. The van der Waals surface area contributed by atoms with Gasteiger partial charge in [-0.25, -0.2) is 0 Å². The van der Waals surface area contributed by atoms with Gasteiger partial charge in [-0.3, -0.25) is 0 Å². The molecule has 13 heavy (non-hydrogen) atoms. The number of alkyl halides is 1. The van der Waals surface area contributed by atoms with Crippen LogP contribution in [0.1, 0.15) is 29.8 Å². The first-order valence-corrected chi connectivity index (χ1v) is 4.50. The summed E-state index contributed by atoms with van der Waals surface area (Å²) in [5.74, 6) is -0.000833. The first-order chi connectivity index (χ1) is 6.20. The molecule has 0 saturated carbocycles. The van der Waals surface area contributed by atoms with Gasteiger partial charge in [0.15, 0.2) is 0 Å².